The number of nitrogens with one attached hydrogen (secondary N) is 2. The summed E-state index contributed by atoms with van der Waals surface area (Å²) in [5.41, 5.74) is 0. The van der Waals surface area contributed by atoms with Gasteiger partial charge in [-0.25, -0.2) is 13.4 Å². The highest BCUT2D eigenvalue weighted by molar-refractivity contribution is 7.92. The predicted octanol–water partition coefficient (Wildman–Crippen LogP) is 3.80. The molecule has 0 saturated heterocycles. The molecule has 0 amide bonds. The fraction of sp³-hybridized carbons (Fsp3) is 0.600. The van der Waals surface area contributed by atoms with E-state index in [9.17, 15) is 8.60 Å². The van der Waals surface area contributed by atoms with Gasteiger partial charge in [0.2, 0.25) is 0 Å². The van der Waals surface area contributed by atoms with Gasteiger partial charge in [0.1, 0.15) is 18.2 Å². The van der Waals surface area contributed by atoms with Gasteiger partial charge in [0.15, 0.2) is 5.13 Å². The molecule has 7 heteroatoms. The van der Waals surface area contributed by atoms with Crippen molar-refractivity contribution in [3.05, 3.63) is 16.6 Å². The number of rotatable bonds is 3. The third-order valence-corrected chi connectivity index (χ3v) is 11.9. The topological polar surface area (TPSA) is 53.0 Å². The van der Waals surface area contributed by atoms with Crippen molar-refractivity contribution in [2.75, 3.05) is 0 Å². The van der Waals surface area contributed by atoms with Gasteiger partial charge in [0.05, 0.1) is 4.90 Å². The Morgan fingerprint density at radius 2 is 2.00 bits per heavy atom. The summed E-state index contributed by atoms with van der Waals surface area (Å²) in [6.45, 7) is 10.3. The zero-order valence-corrected chi connectivity index (χ0v) is 13.4. The number of thiophene rings is 1. The average molecular weight is 294 g/mol. The normalized spacial score (nSPS) is 16.8. The Balaban J connectivity index is 3.03. The lowest BCUT2D eigenvalue weighted by Crippen LogP contribution is -2.54. The largest absolute Gasteiger partial charge is 0.249 e. The van der Waals surface area contributed by atoms with Gasteiger partial charge in [-0.2, -0.15) is 4.39 Å². The smallest absolute Gasteiger partial charge is 0.177 e. The molecule has 3 nitrogen and oxygen atoms in total. The third kappa shape index (κ3) is 3.37. The van der Waals surface area contributed by atoms with Crippen molar-refractivity contribution >= 4 is 29.5 Å². The molecule has 0 saturated carbocycles. The van der Waals surface area contributed by atoms with E-state index in [2.05, 4.69) is 25.2 Å². The number of hydrogen-bond acceptors (Lipinski definition) is 3. The summed E-state index contributed by atoms with van der Waals surface area (Å²) in [7, 11) is -5.14. The molecule has 0 radical (unpaired) electrons. The maximum atomic E-state index is 12.9. The van der Waals surface area contributed by atoms with Gasteiger partial charge in [-0.3, -0.25) is 0 Å². The zero-order chi connectivity index (χ0) is 13.5. The molecule has 0 spiro atoms. The Bertz CT molecular complexity index is 503. The first kappa shape index (κ1) is 14.8. The van der Waals surface area contributed by atoms with Crippen LogP contribution in [-0.2, 0) is 9.92 Å². The standard InChI is InChI=1S/C10H19FN2OS2Si/c1-10(2,3)17(4,5)13-16(12,14)8-6-9(11)15-7-8/h6-7H,1-5H3,(H2,12,13,14). The van der Waals surface area contributed by atoms with Crippen LogP contribution in [0, 0.1) is 9.91 Å². The van der Waals surface area contributed by atoms with Crippen LogP contribution in [-0.4, -0.2) is 12.4 Å². The van der Waals surface area contributed by atoms with Crippen molar-refractivity contribution in [3.63, 3.8) is 0 Å². The molecule has 1 rings (SSSR count). The van der Waals surface area contributed by atoms with E-state index < -0.39 is 23.3 Å². The fourth-order valence-electron chi connectivity index (χ4n) is 1.02. The van der Waals surface area contributed by atoms with E-state index in [1.807, 2.05) is 13.1 Å². The summed E-state index contributed by atoms with van der Waals surface area (Å²) in [6.07, 6.45) is 0. The monoisotopic (exact) mass is 294 g/mol. The molecule has 17 heavy (non-hydrogen) atoms. The van der Waals surface area contributed by atoms with Gasteiger partial charge in [0, 0.05) is 11.4 Å². The van der Waals surface area contributed by atoms with Crippen LogP contribution >= 0.6 is 11.3 Å². The van der Waals surface area contributed by atoms with Crippen LogP contribution in [0.25, 0.3) is 0 Å². The van der Waals surface area contributed by atoms with Crippen molar-refractivity contribution in [3.8, 4) is 0 Å². The second-order valence-electron chi connectivity index (χ2n) is 5.62. The predicted molar refractivity (Wildman–Crippen MR) is 73.7 cm³/mol. The third-order valence-electron chi connectivity index (χ3n) is 3.15. The van der Waals surface area contributed by atoms with Crippen LogP contribution < -0.4 is 4.39 Å². The lowest BCUT2D eigenvalue weighted by atomic mass is 10.2. The Labute approximate surface area is 108 Å². The minimum absolute atomic E-state index is 0.0225. The van der Waals surface area contributed by atoms with Crippen molar-refractivity contribution < 1.29 is 8.60 Å². The van der Waals surface area contributed by atoms with Crippen LogP contribution in [0.4, 0.5) is 4.39 Å². The fourth-order valence-corrected chi connectivity index (χ4v) is 7.11. The quantitative estimate of drug-likeness (QED) is 0.818. The molecule has 0 fully saturated rings. The molecule has 1 atom stereocenters. The molecule has 1 aromatic heterocycles. The van der Waals surface area contributed by atoms with Crippen LogP contribution in [0.5, 0.6) is 0 Å². The molecule has 98 valence electrons. The first-order valence-electron chi connectivity index (χ1n) is 5.27. The summed E-state index contributed by atoms with van der Waals surface area (Å²) >= 11 is 0.874. The lowest BCUT2D eigenvalue weighted by molar-refractivity contribution is 0.650. The van der Waals surface area contributed by atoms with Gasteiger partial charge in [-0.05, 0) is 5.04 Å². The van der Waals surface area contributed by atoms with Crippen LogP contribution in [0.2, 0.25) is 18.1 Å². The highest BCUT2D eigenvalue weighted by Gasteiger charge is 2.38. The van der Waals surface area contributed by atoms with Gasteiger partial charge >= 0.3 is 0 Å². The molecule has 0 bridgehead atoms. The molecule has 1 aromatic rings. The van der Waals surface area contributed by atoms with E-state index in [1.165, 1.54) is 11.4 Å². The molecule has 0 aliphatic rings. The molecule has 0 aromatic carbocycles. The molecular formula is C10H19FN2OS2Si. The maximum Gasteiger partial charge on any atom is 0.177 e. The van der Waals surface area contributed by atoms with E-state index >= 15 is 0 Å². The minimum atomic E-state index is -3.10. The highest BCUT2D eigenvalue weighted by Crippen LogP contribution is 2.35. The van der Waals surface area contributed by atoms with Crippen molar-refractivity contribution in [1.82, 2.24) is 4.39 Å². The van der Waals surface area contributed by atoms with E-state index in [0.717, 1.165) is 11.3 Å². The van der Waals surface area contributed by atoms with Crippen molar-refractivity contribution in [1.29, 1.82) is 4.78 Å². The van der Waals surface area contributed by atoms with Crippen LogP contribution in [0.3, 0.4) is 0 Å². The number of halogens is 1. The molecule has 2 N–H and O–H groups in total. The summed E-state index contributed by atoms with van der Waals surface area (Å²) in [6, 6.07) is 1.18. The Morgan fingerprint density at radius 3 is 2.35 bits per heavy atom. The highest BCUT2D eigenvalue weighted by atomic mass is 32.2. The van der Waals surface area contributed by atoms with Gasteiger partial charge in [-0.15, -0.1) is 11.3 Å². The average Bonchev–Trinajstić information content (AvgIpc) is 2.48. The van der Waals surface area contributed by atoms with E-state index in [4.69, 9.17) is 4.78 Å². The summed E-state index contributed by atoms with van der Waals surface area (Å²) in [5.74, 6) is 0. The van der Waals surface area contributed by atoms with E-state index in [1.54, 1.807) is 0 Å². The molecule has 0 aliphatic heterocycles. The Hall–Kier alpha value is -0.243. The first-order valence-corrected chi connectivity index (χ1v) is 10.7. The maximum absolute atomic E-state index is 12.9. The summed E-state index contributed by atoms with van der Waals surface area (Å²) < 4.78 is 36.1. The first-order chi connectivity index (χ1) is 7.46. The van der Waals surface area contributed by atoms with Gasteiger partial charge < -0.3 is 0 Å². The second-order valence-corrected chi connectivity index (χ2v) is 13.6. The van der Waals surface area contributed by atoms with Gasteiger partial charge in [0.25, 0.3) is 0 Å². The van der Waals surface area contributed by atoms with E-state index in [-0.39, 0.29) is 9.93 Å². The molecule has 1 unspecified atom stereocenters. The minimum Gasteiger partial charge on any atom is -0.249 e. The van der Waals surface area contributed by atoms with Gasteiger partial charge in [-0.1, -0.05) is 33.9 Å². The summed E-state index contributed by atoms with van der Waals surface area (Å²) in [5, 5.41) is 1.02. The number of hydrogen-bond donors (Lipinski definition) is 2. The molecular weight excluding hydrogens is 275 g/mol. The Kier molecular flexibility index (Phi) is 3.88. The van der Waals surface area contributed by atoms with E-state index in [0.29, 0.717) is 0 Å². The van der Waals surface area contributed by atoms with Crippen molar-refractivity contribution in [2.24, 2.45) is 0 Å². The lowest BCUT2D eigenvalue weighted by Gasteiger charge is -2.37. The van der Waals surface area contributed by atoms with Crippen molar-refractivity contribution in [2.45, 2.75) is 43.8 Å². The van der Waals surface area contributed by atoms with Crippen LogP contribution in [0.1, 0.15) is 20.8 Å². The molecule has 0 aliphatic carbocycles. The van der Waals surface area contributed by atoms with Crippen LogP contribution in [0.15, 0.2) is 16.3 Å². The summed E-state index contributed by atoms with van der Waals surface area (Å²) in [4.78, 5) is 0.241. The SMILES string of the molecule is CC(C)(C)[Si](C)(C)NS(=N)(=O)c1csc(F)c1. The Morgan fingerprint density at radius 1 is 1.47 bits per heavy atom. The zero-order valence-electron chi connectivity index (χ0n) is 10.8. The second kappa shape index (κ2) is 4.45. The molecule has 1 heterocycles.